The third-order valence-corrected chi connectivity index (χ3v) is 5.94. The number of benzene rings is 3. The van der Waals surface area contributed by atoms with Crippen molar-refractivity contribution in [2.24, 2.45) is 0 Å². The van der Waals surface area contributed by atoms with E-state index < -0.39 is 0 Å². The number of fused-ring (bicyclic) bond motifs is 1. The van der Waals surface area contributed by atoms with Crippen molar-refractivity contribution in [1.29, 1.82) is 0 Å². The molecule has 0 radical (unpaired) electrons. The maximum Gasteiger partial charge on any atom is 0.259 e. The van der Waals surface area contributed by atoms with Crippen LogP contribution in [0.25, 0.3) is 22.3 Å². The van der Waals surface area contributed by atoms with Gasteiger partial charge < -0.3 is 14.6 Å². The van der Waals surface area contributed by atoms with Crippen LogP contribution in [0.3, 0.4) is 0 Å². The average molecular weight is 438 g/mol. The van der Waals surface area contributed by atoms with Crippen molar-refractivity contribution in [3.63, 3.8) is 0 Å². The van der Waals surface area contributed by atoms with Crippen LogP contribution in [0.15, 0.2) is 82.0 Å². The molecule has 0 bridgehead atoms. The van der Waals surface area contributed by atoms with Gasteiger partial charge in [-0.2, -0.15) is 0 Å². The Morgan fingerprint density at radius 1 is 0.939 bits per heavy atom. The van der Waals surface area contributed by atoms with E-state index in [1.807, 2.05) is 42.5 Å². The normalized spacial score (nSPS) is 13.5. The van der Waals surface area contributed by atoms with E-state index in [9.17, 15) is 14.4 Å². The van der Waals surface area contributed by atoms with Crippen molar-refractivity contribution >= 4 is 34.2 Å². The SMILES string of the molecule is Cc1c(-c2ccccc2)oc2c(C(=O)Nc3ccc(N4CCCC4=O)cc3)cccc2c1=O. The third-order valence-electron chi connectivity index (χ3n) is 5.94. The molecule has 0 unspecified atom stereocenters. The van der Waals surface area contributed by atoms with Crippen molar-refractivity contribution in [1.82, 2.24) is 0 Å². The van der Waals surface area contributed by atoms with Gasteiger partial charge in [-0.1, -0.05) is 36.4 Å². The predicted octanol–water partition coefficient (Wildman–Crippen LogP) is 5.15. The van der Waals surface area contributed by atoms with Crippen LogP contribution in [0.5, 0.6) is 0 Å². The summed E-state index contributed by atoms with van der Waals surface area (Å²) in [7, 11) is 0. The molecular formula is C27H22N2O4. The molecule has 1 fully saturated rings. The monoisotopic (exact) mass is 438 g/mol. The number of hydrogen-bond donors (Lipinski definition) is 1. The van der Waals surface area contributed by atoms with E-state index in [2.05, 4.69) is 5.32 Å². The van der Waals surface area contributed by atoms with E-state index in [0.717, 1.165) is 17.7 Å². The molecule has 6 heteroatoms. The third kappa shape index (κ3) is 3.80. The molecule has 2 heterocycles. The summed E-state index contributed by atoms with van der Waals surface area (Å²) in [6.45, 7) is 2.44. The highest BCUT2D eigenvalue weighted by Gasteiger charge is 2.22. The van der Waals surface area contributed by atoms with Gasteiger partial charge >= 0.3 is 0 Å². The number of rotatable bonds is 4. The maximum atomic E-state index is 13.1. The number of anilines is 2. The lowest BCUT2D eigenvalue weighted by molar-refractivity contribution is -0.117. The van der Waals surface area contributed by atoms with Gasteiger partial charge in [0, 0.05) is 35.5 Å². The summed E-state index contributed by atoms with van der Waals surface area (Å²) in [5, 5.41) is 3.23. The molecule has 1 aromatic heterocycles. The second-order valence-corrected chi connectivity index (χ2v) is 8.08. The molecular weight excluding hydrogens is 416 g/mol. The smallest absolute Gasteiger partial charge is 0.259 e. The van der Waals surface area contributed by atoms with E-state index in [1.54, 1.807) is 42.2 Å². The summed E-state index contributed by atoms with van der Waals surface area (Å²) < 4.78 is 6.14. The molecule has 1 aliphatic rings. The number of carbonyl (C=O) groups excluding carboxylic acids is 2. The Labute approximate surface area is 190 Å². The molecule has 5 rings (SSSR count). The van der Waals surface area contributed by atoms with Gasteiger partial charge in [-0.3, -0.25) is 14.4 Å². The molecule has 2 amide bonds. The minimum atomic E-state index is -0.378. The average Bonchev–Trinajstić information content (AvgIpc) is 3.27. The largest absolute Gasteiger partial charge is 0.455 e. The molecule has 6 nitrogen and oxygen atoms in total. The van der Waals surface area contributed by atoms with Crippen molar-refractivity contribution < 1.29 is 14.0 Å². The number of amides is 2. The Bertz CT molecular complexity index is 1420. The van der Waals surface area contributed by atoms with Gasteiger partial charge in [-0.15, -0.1) is 0 Å². The Hall–Kier alpha value is -4.19. The van der Waals surface area contributed by atoms with Crippen molar-refractivity contribution in [2.45, 2.75) is 19.8 Å². The van der Waals surface area contributed by atoms with Crippen LogP contribution in [0.4, 0.5) is 11.4 Å². The zero-order valence-electron chi connectivity index (χ0n) is 18.1. The van der Waals surface area contributed by atoms with Crippen molar-refractivity contribution in [3.8, 4) is 11.3 Å². The minimum absolute atomic E-state index is 0.113. The summed E-state index contributed by atoms with van der Waals surface area (Å²) >= 11 is 0. The van der Waals surface area contributed by atoms with Crippen LogP contribution in [-0.2, 0) is 4.79 Å². The number of nitrogens with one attached hydrogen (secondary N) is 1. The van der Waals surface area contributed by atoms with E-state index in [0.29, 0.717) is 35.4 Å². The molecule has 0 saturated carbocycles. The molecule has 0 spiro atoms. The standard InChI is InChI=1S/C27H22N2O4/c1-17-24(31)21-9-5-10-22(26(21)33-25(17)18-7-3-2-4-8-18)27(32)28-19-12-14-20(15-13-19)29-16-6-11-23(29)30/h2-5,7-10,12-15H,6,11,16H2,1H3,(H,28,32). The van der Waals surface area contributed by atoms with Gasteiger partial charge in [0.25, 0.3) is 5.91 Å². The Morgan fingerprint density at radius 2 is 1.70 bits per heavy atom. The van der Waals surface area contributed by atoms with Gasteiger partial charge in [0.1, 0.15) is 5.76 Å². The number of para-hydroxylation sites is 1. The first-order valence-electron chi connectivity index (χ1n) is 10.9. The van der Waals surface area contributed by atoms with E-state index >= 15 is 0 Å². The van der Waals surface area contributed by atoms with Crippen LogP contribution < -0.4 is 15.6 Å². The van der Waals surface area contributed by atoms with Gasteiger partial charge in [0.15, 0.2) is 11.0 Å². The first-order chi connectivity index (χ1) is 16.0. The highest BCUT2D eigenvalue weighted by Crippen LogP contribution is 2.28. The van der Waals surface area contributed by atoms with Gasteiger partial charge in [0.2, 0.25) is 5.91 Å². The molecule has 1 saturated heterocycles. The highest BCUT2D eigenvalue weighted by atomic mass is 16.3. The van der Waals surface area contributed by atoms with Crippen LogP contribution in [0.2, 0.25) is 0 Å². The minimum Gasteiger partial charge on any atom is -0.455 e. The zero-order valence-corrected chi connectivity index (χ0v) is 18.1. The fourth-order valence-corrected chi connectivity index (χ4v) is 4.20. The fraction of sp³-hybridized carbons (Fsp3) is 0.148. The van der Waals surface area contributed by atoms with Crippen LogP contribution in [-0.4, -0.2) is 18.4 Å². The Kier molecular flexibility index (Phi) is 5.26. The number of hydrogen-bond acceptors (Lipinski definition) is 4. The van der Waals surface area contributed by atoms with Crippen molar-refractivity contribution in [3.05, 3.63) is 94.1 Å². The lowest BCUT2D eigenvalue weighted by atomic mass is 10.0. The zero-order chi connectivity index (χ0) is 22.9. The van der Waals surface area contributed by atoms with Gasteiger partial charge in [0.05, 0.1) is 10.9 Å². The Balaban J connectivity index is 1.49. The molecule has 3 aromatic carbocycles. The molecule has 4 aromatic rings. The van der Waals surface area contributed by atoms with Crippen LogP contribution in [0, 0.1) is 6.92 Å². The molecule has 33 heavy (non-hydrogen) atoms. The van der Waals surface area contributed by atoms with Crippen LogP contribution in [0.1, 0.15) is 28.8 Å². The molecule has 0 atom stereocenters. The Morgan fingerprint density at radius 3 is 2.39 bits per heavy atom. The summed E-state index contributed by atoms with van der Waals surface area (Å²) in [5.41, 5.74) is 3.04. The number of carbonyl (C=O) groups is 2. The predicted molar refractivity (Wildman–Crippen MR) is 129 cm³/mol. The lowest BCUT2D eigenvalue weighted by Gasteiger charge is -2.16. The molecule has 1 aliphatic heterocycles. The maximum absolute atomic E-state index is 13.1. The van der Waals surface area contributed by atoms with E-state index in [4.69, 9.17) is 4.42 Å². The summed E-state index contributed by atoms with van der Waals surface area (Å²) in [6, 6.07) is 21.5. The van der Waals surface area contributed by atoms with E-state index in [1.165, 1.54) is 0 Å². The first-order valence-corrected chi connectivity index (χ1v) is 10.9. The number of nitrogens with zero attached hydrogens (tertiary/aromatic N) is 1. The summed E-state index contributed by atoms with van der Waals surface area (Å²) in [4.78, 5) is 39.8. The molecule has 0 aliphatic carbocycles. The van der Waals surface area contributed by atoms with Gasteiger partial charge in [-0.25, -0.2) is 0 Å². The molecule has 164 valence electrons. The topological polar surface area (TPSA) is 79.6 Å². The quantitative estimate of drug-likeness (QED) is 0.478. The second-order valence-electron chi connectivity index (χ2n) is 8.08. The van der Waals surface area contributed by atoms with E-state index in [-0.39, 0.29) is 28.4 Å². The second kappa shape index (κ2) is 8.39. The van der Waals surface area contributed by atoms with Gasteiger partial charge in [-0.05, 0) is 49.7 Å². The first kappa shape index (κ1) is 20.7. The van der Waals surface area contributed by atoms with Crippen LogP contribution >= 0.6 is 0 Å². The highest BCUT2D eigenvalue weighted by molar-refractivity contribution is 6.11. The summed E-state index contributed by atoms with van der Waals surface area (Å²) in [5.74, 6) is 0.187. The summed E-state index contributed by atoms with van der Waals surface area (Å²) in [6.07, 6.45) is 1.42. The lowest BCUT2D eigenvalue weighted by Crippen LogP contribution is -2.23. The molecule has 1 N–H and O–H groups in total. The van der Waals surface area contributed by atoms with Crippen molar-refractivity contribution in [2.75, 3.05) is 16.8 Å². The fourth-order valence-electron chi connectivity index (χ4n) is 4.20.